The molecule has 7 heteroatoms. The minimum Gasteiger partial charge on any atom is -0.444 e. The van der Waals surface area contributed by atoms with Crippen molar-refractivity contribution >= 4 is 25.3 Å². The second kappa shape index (κ2) is 9.87. The number of Topliss-reactive ketones (excluding diaryl/α,β-unsaturated/α-hetero) is 1. The lowest BCUT2D eigenvalue weighted by atomic mass is 10.0. The summed E-state index contributed by atoms with van der Waals surface area (Å²) in [7, 11) is -2.16. The molecule has 0 aromatic carbocycles. The molecule has 0 radical (unpaired) electrons. The summed E-state index contributed by atoms with van der Waals surface area (Å²) in [6.07, 6.45) is -0.154. The van der Waals surface area contributed by atoms with Gasteiger partial charge < -0.3 is 15.6 Å². The summed E-state index contributed by atoms with van der Waals surface area (Å²) in [6, 6.07) is 1.74. The van der Waals surface area contributed by atoms with Gasteiger partial charge in [-0.15, -0.1) is 0 Å². The first-order valence-corrected chi connectivity index (χ1v) is 11.8. The van der Waals surface area contributed by atoms with Crippen molar-refractivity contribution in [2.24, 2.45) is 5.92 Å². The molecule has 1 amide bonds. The van der Waals surface area contributed by atoms with Crippen LogP contribution in [0.2, 0.25) is 18.1 Å². The van der Waals surface area contributed by atoms with Gasteiger partial charge in [0.25, 0.3) is 5.78 Å². The van der Waals surface area contributed by atoms with E-state index in [1.54, 1.807) is 20.8 Å². The Balaban J connectivity index is 5.61. The number of hydrogen-bond acceptors (Lipinski definition) is 3. The molecule has 0 bridgehead atoms. The van der Waals surface area contributed by atoms with E-state index in [9.17, 15) is 15.1 Å². The maximum Gasteiger partial charge on any atom is 0.408 e. The third-order valence-electron chi connectivity index (χ3n) is 4.58. The number of rotatable bonds is 9. The number of amides is 1. The molecule has 0 saturated heterocycles. The predicted octanol–water partition coefficient (Wildman–Crippen LogP) is 4.21. The van der Waals surface area contributed by atoms with E-state index in [2.05, 4.69) is 10.1 Å². The van der Waals surface area contributed by atoms with E-state index in [0.29, 0.717) is 6.42 Å². The summed E-state index contributed by atoms with van der Waals surface area (Å²) in [6.45, 7) is 15.4. The highest BCUT2D eigenvalue weighted by Crippen LogP contribution is 2.23. The third-order valence-corrected chi connectivity index (χ3v) is 9.99. The number of alkyl carbamates (subject to hydrolysis) is 1. The standard InChI is InChI=1S/C18H35N3O3Si/c1-9-25(10-2,11-3)16(21-19)15(22)14(12-13(4)5)20-17(23)24-18(6,7)8/h13-14H,9-12H2,1-8H3,(H,20,23)/t14-/m0/s1. The normalized spacial score (nSPS) is 13.2. The number of nitrogens with one attached hydrogen (secondary N) is 1. The van der Waals surface area contributed by atoms with Crippen LogP contribution in [0.5, 0.6) is 0 Å². The Morgan fingerprint density at radius 3 is 1.92 bits per heavy atom. The van der Waals surface area contributed by atoms with Crippen molar-refractivity contribution in [2.75, 3.05) is 0 Å². The third kappa shape index (κ3) is 7.12. The average Bonchev–Trinajstić information content (AvgIpc) is 2.49. The van der Waals surface area contributed by atoms with Crippen LogP contribution in [0, 0.1) is 5.92 Å². The number of hydrogen-bond donors (Lipinski definition) is 1. The summed E-state index contributed by atoms with van der Waals surface area (Å²) in [5, 5.41) is 2.96. The summed E-state index contributed by atoms with van der Waals surface area (Å²) in [5.41, 5.74) is 8.95. The molecule has 1 N–H and O–H groups in total. The zero-order chi connectivity index (χ0) is 19.8. The zero-order valence-electron chi connectivity index (χ0n) is 17.1. The fourth-order valence-corrected chi connectivity index (χ4v) is 6.40. The highest BCUT2D eigenvalue weighted by Gasteiger charge is 2.47. The van der Waals surface area contributed by atoms with Crippen LogP contribution < -0.4 is 5.32 Å². The van der Waals surface area contributed by atoms with Gasteiger partial charge in [-0.25, -0.2) is 4.79 Å². The minimum absolute atomic E-state index is 0.199. The van der Waals surface area contributed by atoms with Gasteiger partial charge >= 0.3 is 11.4 Å². The molecule has 0 fully saturated rings. The number of ether oxygens (including phenoxy) is 1. The summed E-state index contributed by atoms with van der Waals surface area (Å²) in [4.78, 5) is 28.7. The van der Waals surface area contributed by atoms with E-state index in [0.717, 1.165) is 18.1 Å². The van der Waals surface area contributed by atoms with Crippen LogP contribution in [-0.4, -0.2) is 41.7 Å². The molecule has 6 nitrogen and oxygen atoms in total. The van der Waals surface area contributed by atoms with Crippen LogP contribution in [0.1, 0.15) is 61.8 Å². The van der Waals surface area contributed by atoms with Crippen LogP contribution >= 0.6 is 0 Å². The van der Waals surface area contributed by atoms with Crippen molar-refractivity contribution in [3.05, 3.63) is 5.53 Å². The van der Waals surface area contributed by atoms with Crippen LogP contribution in [0.25, 0.3) is 5.53 Å². The van der Waals surface area contributed by atoms with Crippen molar-refractivity contribution in [2.45, 2.75) is 91.6 Å². The van der Waals surface area contributed by atoms with E-state index in [1.165, 1.54) is 0 Å². The van der Waals surface area contributed by atoms with E-state index >= 15 is 0 Å². The Labute approximate surface area is 153 Å². The molecule has 0 aliphatic carbocycles. The fraction of sp³-hybridized carbons (Fsp3) is 0.833. The van der Waals surface area contributed by atoms with Gasteiger partial charge in [-0.05, 0) is 51.2 Å². The van der Waals surface area contributed by atoms with Crippen LogP contribution in [0.3, 0.4) is 0 Å². The van der Waals surface area contributed by atoms with Gasteiger partial charge in [0.15, 0.2) is 8.07 Å². The first-order valence-electron chi connectivity index (χ1n) is 9.22. The van der Waals surface area contributed by atoms with Crippen molar-refractivity contribution in [3.63, 3.8) is 0 Å². The minimum atomic E-state index is -2.16. The zero-order valence-corrected chi connectivity index (χ0v) is 18.1. The smallest absolute Gasteiger partial charge is 0.408 e. The molecule has 0 saturated carbocycles. The SMILES string of the molecule is CC[Si](CC)(CC)C(=[N+]=[N-])C(=O)[C@H](CC(C)C)NC(=O)OC(C)(C)C. The number of nitrogens with zero attached hydrogens (tertiary/aromatic N) is 2. The molecule has 0 aliphatic rings. The number of carbonyl (C=O) groups excluding carboxylic acids is 2. The summed E-state index contributed by atoms with van der Waals surface area (Å²) >= 11 is 0. The largest absolute Gasteiger partial charge is 0.444 e. The van der Waals surface area contributed by atoms with Gasteiger partial charge in [-0.1, -0.05) is 34.6 Å². The van der Waals surface area contributed by atoms with Gasteiger partial charge in [0.1, 0.15) is 11.6 Å². The Hall–Kier alpha value is -1.46. The Kier molecular flexibility index (Phi) is 9.30. The quantitative estimate of drug-likeness (QED) is 0.285. The molecule has 25 heavy (non-hydrogen) atoms. The monoisotopic (exact) mass is 369 g/mol. The predicted molar refractivity (Wildman–Crippen MR) is 103 cm³/mol. The van der Waals surface area contributed by atoms with Crippen molar-refractivity contribution in [3.8, 4) is 0 Å². The topological polar surface area (TPSA) is 91.8 Å². The highest BCUT2D eigenvalue weighted by atomic mass is 28.3. The molecule has 0 aliphatic heterocycles. The van der Waals surface area contributed by atoms with Gasteiger partial charge in [-0.2, -0.15) is 4.79 Å². The first-order chi connectivity index (χ1) is 11.5. The van der Waals surface area contributed by atoms with E-state index in [4.69, 9.17) is 4.74 Å². The van der Waals surface area contributed by atoms with Gasteiger partial charge in [0.05, 0.1) is 0 Å². The van der Waals surface area contributed by atoms with Gasteiger partial charge in [-0.3, -0.25) is 4.79 Å². The Morgan fingerprint density at radius 1 is 1.12 bits per heavy atom. The second-order valence-electron chi connectivity index (χ2n) is 7.98. The van der Waals surface area contributed by atoms with Crippen LogP contribution in [-0.2, 0) is 9.53 Å². The Bertz CT molecular complexity index is 508. The molecule has 0 rings (SSSR count). The molecule has 0 unspecified atom stereocenters. The second-order valence-corrected chi connectivity index (χ2v) is 13.1. The maximum atomic E-state index is 13.1. The van der Waals surface area contributed by atoms with E-state index < -0.39 is 25.8 Å². The number of ketones is 1. The molecule has 144 valence electrons. The molecule has 0 heterocycles. The molecular weight excluding hydrogens is 334 g/mol. The lowest BCUT2D eigenvalue weighted by Gasteiger charge is -2.26. The maximum absolute atomic E-state index is 13.1. The average molecular weight is 370 g/mol. The summed E-state index contributed by atoms with van der Waals surface area (Å²) < 4.78 is 5.28. The van der Waals surface area contributed by atoms with Crippen molar-refractivity contribution < 1.29 is 19.1 Å². The highest BCUT2D eigenvalue weighted by molar-refractivity contribution is 7.14. The molecule has 1 atom stereocenters. The van der Waals surface area contributed by atoms with E-state index in [1.807, 2.05) is 34.6 Å². The fourth-order valence-electron chi connectivity index (χ4n) is 2.99. The van der Waals surface area contributed by atoms with E-state index in [-0.39, 0.29) is 17.0 Å². The lowest BCUT2D eigenvalue weighted by molar-refractivity contribution is -0.119. The first kappa shape index (κ1) is 23.5. The summed E-state index contributed by atoms with van der Waals surface area (Å²) in [5.74, 6) is -0.0796. The van der Waals surface area contributed by atoms with Crippen molar-refractivity contribution in [1.82, 2.24) is 5.32 Å². The molecular formula is C18H35N3O3Si. The Morgan fingerprint density at radius 2 is 1.60 bits per heavy atom. The molecule has 0 aromatic rings. The van der Waals surface area contributed by atoms with Gasteiger partial charge in [0, 0.05) is 0 Å². The van der Waals surface area contributed by atoms with Crippen LogP contribution in [0.15, 0.2) is 0 Å². The molecule has 0 spiro atoms. The van der Waals surface area contributed by atoms with Gasteiger partial charge in [0.2, 0.25) is 0 Å². The number of carbonyl (C=O) groups is 2. The molecule has 0 aromatic heterocycles. The van der Waals surface area contributed by atoms with Crippen molar-refractivity contribution in [1.29, 1.82) is 0 Å². The lowest BCUT2D eigenvalue weighted by Crippen LogP contribution is -2.55. The van der Waals surface area contributed by atoms with Crippen LogP contribution in [0.4, 0.5) is 4.79 Å².